The third kappa shape index (κ3) is 2.72. The number of fused-ring (bicyclic) bond motifs is 2. The fourth-order valence-electron chi connectivity index (χ4n) is 5.55. The van der Waals surface area contributed by atoms with Crippen LogP contribution in [0.2, 0.25) is 0 Å². The molecule has 3 aliphatic carbocycles. The van der Waals surface area contributed by atoms with Crippen molar-refractivity contribution >= 4 is 17.7 Å². The molecule has 26 heavy (non-hydrogen) atoms. The van der Waals surface area contributed by atoms with Crippen molar-refractivity contribution in [3.63, 3.8) is 0 Å². The molecule has 0 aromatic carbocycles. The smallest absolute Gasteiger partial charge is 0.323 e. The molecule has 0 amide bonds. The van der Waals surface area contributed by atoms with Crippen LogP contribution in [0, 0.1) is 35.0 Å². The molecule has 0 radical (unpaired) electrons. The lowest BCUT2D eigenvalue weighted by atomic mass is 9.72. The minimum absolute atomic E-state index is 0.00507. The normalized spacial score (nSPS) is 35.0. The van der Waals surface area contributed by atoms with Crippen molar-refractivity contribution in [2.24, 2.45) is 35.0 Å². The first kappa shape index (κ1) is 18.9. The summed E-state index contributed by atoms with van der Waals surface area (Å²) < 4.78 is 10.0. The first-order valence-electron chi connectivity index (χ1n) is 9.51. The van der Waals surface area contributed by atoms with Gasteiger partial charge in [0.2, 0.25) is 0 Å². The standard InChI is InChI=1S/C21H28O5/c1-4-7-17-15-11-10-13-8-5-6-9-14(13)18(22)16(15)12-21(17,19(23)25-2)20(24)26-3/h4,10-11,13-17H,1,5-9,12H2,2-3H3/t13-,14+,15+,16-,17+/m0/s1. The summed E-state index contributed by atoms with van der Waals surface area (Å²) in [6.07, 6.45) is 10.7. The van der Waals surface area contributed by atoms with E-state index in [1.54, 1.807) is 6.08 Å². The monoisotopic (exact) mass is 360 g/mol. The van der Waals surface area contributed by atoms with Gasteiger partial charge in [-0.15, -0.1) is 6.58 Å². The molecular weight excluding hydrogens is 332 g/mol. The van der Waals surface area contributed by atoms with E-state index >= 15 is 0 Å². The average Bonchev–Trinajstić information content (AvgIpc) is 2.93. The SMILES string of the molecule is C=CC[C@@H]1[C@@H]2C=C[C@@H]3CCCC[C@H]3C(=O)[C@H]2CC1(C(=O)OC)C(=O)OC. The molecule has 0 bridgehead atoms. The van der Waals surface area contributed by atoms with E-state index in [4.69, 9.17) is 9.47 Å². The van der Waals surface area contributed by atoms with Crippen molar-refractivity contribution in [2.45, 2.75) is 38.5 Å². The molecular formula is C21H28O5. The topological polar surface area (TPSA) is 69.7 Å². The van der Waals surface area contributed by atoms with Gasteiger partial charge >= 0.3 is 11.9 Å². The number of ether oxygens (including phenoxy) is 2. The number of esters is 2. The molecule has 0 saturated heterocycles. The lowest BCUT2D eigenvalue weighted by Gasteiger charge is -2.31. The number of hydrogen-bond acceptors (Lipinski definition) is 5. The average molecular weight is 360 g/mol. The van der Waals surface area contributed by atoms with Gasteiger partial charge in [-0.2, -0.15) is 0 Å². The minimum Gasteiger partial charge on any atom is -0.468 e. The highest BCUT2D eigenvalue weighted by atomic mass is 16.5. The van der Waals surface area contributed by atoms with E-state index in [0.717, 1.165) is 25.7 Å². The Morgan fingerprint density at radius 3 is 2.42 bits per heavy atom. The molecule has 0 heterocycles. The predicted octanol–water partition coefficient (Wildman–Crippen LogP) is 3.09. The van der Waals surface area contributed by atoms with E-state index in [-0.39, 0.29) is 41.8 Å². The molecule has 2 saturated carbocycles. The zero-order valence-corrected chi connectivity index (χ0v) is 15.6. The Hall–Kier alpha value is -1.91. The van der Waals surface area contributed by atoms with Crippen LogP contribution in [-0.2, 0) is 23.9 Å². The van der Waals surface area contributed by atoms with Gasteiger partial charge in [0.15, 0.2) is 5.41 Å². The summed E-state index contributed by atoms with van der Waals surface area (Å²) in [7, 11) is 2.56. The molecule has 0 unspecified atom stereocenters. The highest BCUT2D eigenvalue weighted by Crippen LogP contribution is 2.57. The van der Waals surface area contributed by atoms with Crippen molar-refractivity contribution in [1.82, 2.24) is 0 Å². The number of hydrogen-bond donors (Lipinski definition) is 0. The molecule has 0 N–H and O–H groups in total. The third-order valence-corrected chi connectivity index (χ3v) is 6.75. The highest BCUT2D eigenvalue weighted by molar-refractivity contribution is 6.02. The van der Waals surface area contributed by atoms with Crippen LogP contribution in [0.1, 0.15) is 38.5 Å². The van der Waals surface area contributed by atoms with Crippen LogP contribution in [-0.4, -0.2) is 31.9 Å². The zero-order valence-electron chi connectivity index (χ0n) is 15.6. The number of rotatable bonds is 4. The van der Waals surface area contributed by atoms with E-state index in [2.05, 4.69) is 18.7 Å². The van der Waals surface area contributed by atoms with Crippen molar-refractivity contribution in [3.8, 4) is 0 Å². The van der Waals surface area contributed by atoms with Crippen LogP contribution in [0.25, 0.3) is 0 Å². The minimum atomic E-state index is -1.44. The number of Topliss-reactive ketones (excluding diaryl/α,β-unsaturated/α-hetero) is 1. The second-order valence-electron chi connectivity index (χ2n) is 7.82. The van der Waals surface area contributed by atoms with Crippen molar-refractivity contribution in [1.29, 1.82) is 0 Å². The van der Waals surface area contributed by atoms with Gasteiger partial charge in [-0.1, -0.05) is 31.1 Å². The lowest BCUT2D eigenvalue weighted by molar-refractivity contribution is -0.172. The van der Waals surface area contributed by atoms with Crippen molar-refractivity contribution in [2.75, 3.05) is 14.2 Å². The van der Waals surface area contributed by atoms with Gasteiger partial charge in [0, 0.05) is 11.8 Å². The second-order valence-corrected chi connectivity index (χ2v) is 7.82. The summed E-state index contributed by atoms with van der Waals surface area (Å²) >= 11 is 0. The maximum atomic E-state index is 13.4. The van der Waals surface area contributed by atoms with Gasteiger partial charge in [-0.05, 0) is 43.4 Å². The van der Waals surface area contributed by atoms with Crippen LogP contribution < -0.4 is 0 Å². The third-order valence-electron chi connectivity index (χ3n) is 6.75. The zero-order chi connectivity index (χ0) is 18.9. The van der Waals surface area contributed by atoms with Gasteiger partial charge in [-0.3, -0.25) is 14.4 Å². The summed E-state index contributed by atoms with van der Waals surface area (Å²) in [6, 6.07) is 0. The van der Waals surface area contributed by atoms with E-state index in [1.165, 1.54) is 14.2 Å². The van der Waals surface area contributed by atoms with E-state index in [9.17, 15) is 14.4 Å². The largest absolute Gasteiger partial charge is 0.468 e. The quantitative estimate of drug-likeness (QED) is 0.438. The number of carbonyl (C=O) groups is 3. The first-order chi connectivity index (χ1) is 12.5. The number of allylic oxidation sites excluding steroid dienone is 3. The van der Waals surface area contributed by atoms with Crippen LogP contribution >= 0.6 is 0 Å². The summed E-state index contributed by atoms with van der Waals surface area (Å²) in [5, 5.41) is 0. The Morgan fingerprint density at radius 1 is 1.15 bits per heavy atom. The molecule has 0 aromatic heterocycles. The van der Waals surface area contributed by atoms with Gasteiger partial charge in [0.1, 0.15) is 5.78 Å². The summed E-state index contributed by atoms with van der Waals surface area (Å²) in [5.41, 5.74) is -1.44. The van der Waals surface area contributed by atoms with Crippen LogP contribution in [0.3, 0.4) is 0 Å². The predicted molar refractivity (Wildman–Crippen MR) is 96.0 cm³/mol. The van der Waals surface area contributed by atoms with Gasteiger partial charge in [-0.25, -0.2) is 0 Å². The van der Waals surface area contributed by atoms with Crippen LogP contribution in [0.5, 0.6) is 0 Å². The van der Waals surface area contributed by atoms with Crippen LogP contribution in [0.15, 0.2) is 24.8 Å². The summed E-state index contributed by atoms with van der Waals surface area (Å²) in [5.74, 6) is -1.59. The highest BCUT2D eigenvalue weighted by Gasteiger charge is 2.65. The molecule has 0 aromatic rings. The Kier molecular flexibility index (Phi) is 5.35. The fourth-order valence-corrected chi connectivity index (χ4v) is 5.55. The molecule has 0 spiro atoms. The lowest BCUT2D eigenvalue weighted by Crippen LogP contribution is -2.45. The Balaban J connectivity index is 2.07. The first-order valence-corrected chi connectivity index (χ1v) is 9.51. The number of ketones is 1. The van der Waals surface area contributed by atoms with Crippen molar-refractivity contribution < 1.29 is 23.9 Å². The van der Waals surface area contributed by atoms with E-state index in [1.807, 2.05) is 0 Å². The Morgan fingerprint density at radius 2 is 1.81 bits per heavy atom. The molecule has 5 heteroatoms. The number of carbonyl (C=O) groups excluding carboxylic acids is 3. The Bertz CT molecular complexity index is 618. The fraction of sp³-hybridized carbons (Fsp3) is 0.667. The number of methoxy groups -OCH3 is 2. The van der Waals surface area contributed by atoms with Gasteiger partial charge in [0.05, 0.1) is 14.2 Å². The molecule has 5 atom stereocenters. The van der Waals surface area contributed by atoms with Crippen molar-refractivity contribution in [3.05, 3.63) is 24.8 Å². The molecule has 3 rings (SSSR count). The maximum absolute atomic E-state index is 13.4. The molecule has 5 nitrogen and oxygen atoms in total. The molecule has 142 valence electrons. The van der Waals surface area contributed by atoms with Crippen LogP contribution in [0.4, 0.5) is 0 Å². The van der Waals surface area contributed by atoms with E-state index in [0.29, 0.717) is 6.42 Å². The van der Waals surface area contributed by atoms with Gasteiger partial charge < -0.3 is 9.47 Å². The molecule has 2 fully saturated rings. The molecule has 3 aliphatic rings. The second kappa shape index (κ2) is 7.37. The molecule has 0 aliphatic heterocycles. The Labute approximate surface area is 154 Å². The van der Waals surface area contributed by atoms with Gasteiger partial charge in [0.25, 0.3) is 0 Å². The maximum Gasteiger partial charge on any atom is 0.323 e. The van der Waals surface area contributed by atoms with E-state index < -0.39 is 17.4 Å². The summed E-state index contributed by atoms with van der Waals surface area (Å²) in [4.78, 5) is 38.8. The summed E-state index contributed by atoms with van der Waals surface area (Å²) in [6.45, 7) is 3.80.